The number of aryl methyl sites for hydroxylation is 1. The van der Waals surface area contributed by atoms with Crippen molar-refractivity contribution in [2.75, 3.05) is 12.3 Å². The van der Waals surface area contributed by atoms with Gasteiger partial charge in [-0.2, -0.15) is 0 Å². The highest BCUT2D eigenvalue weighted by molar-refractivity contribution is 7.60. The molecule has 162 valence electrons. The summed E-state index contributed by atoms with van der Waals surface area (Å²) >= 11 is 0. The summed E-state index contributed by atoms with van der Waals surface area (Å²) in [5.41, 5.74) is 5.08. The summed E-state index contributed by atoms with van der Waals surface area (Å²) in [6, 6.07) is 0. The number of fused-ring (bicyclic) bond motifs is 1. The molecular weight excluding hydrogens is 440 g/mol. The fourth-order valence-electron chi connectivity index (χ4n) is 2.87. The summed E-state index contributed by atoms with van der Waals surface area (Å²) in [4.78, 5) is 46.6. The molecule has 0 aliphatic carbocycles. The molecule has 3 heterocycles. The highest BCUT2D eigenvalue weighted by atomic mass is 31.3. The summed E-state index contributed by atoms with van der Waals surface area (Å²) in [5, 5.41) is 20.4. The number of hydrogen-bond donors (Lipinski definition) is 6. The summed E-state index contributed by atoms with van der Waals surface area (Å²) in [6.45, 7) is -0.885. The van der Waals surface area contributed by atoms with E-state index in [1.807, 2.05) is 0 Å². The van der Waals surface area contributed by atoms with Crippen molar-refractivity contribution in [3.05, 3.63) is 16.7 Å². The molecule has 0 spiro atoms. The van der Waals surface area contributed by atoms with E-state index < -0.39 is 52.4 Å². The Morgan fingerprint density at radius 2 is 2.07 bits per heavy atom. The molecule has 2 aromatic heterocycles. The molecule has 0 aromatic carbocycles. The SMILES string of the molecule is Cn1c[n+]([C@@H]2O[C@H](COP(=O)(O)OP(=O)([O-])O)[C@H](O)C2O)c2nc(N)[nH]c(=O)c21. The van der Waals surface area contributed by atoms with Crippen LogP contribution in [0.4, 0.5) is 5.95 Å². The van der Waals surface area contributed by atoms with Gasteiger partial charge in [0, 0.05) is 0 Å². The highest BCUT2D eigenvalue weighted by Gasteiger charge is 2.48. The zero-order valence-electron chi connectivity index (χ0n) is 14.6. The summed E-state index contributed by atoms with van der Waals surface area (Å²) in [7, 11) is -9.29. The molecule has 0 bridgehead atoms. The van der Waals surface area contributed by atoms with Gasteiger partial charge in [0.1, 0.15) is 18.3 Å². The fourth-order valence-corrected chi connectivity index (χ4v) is 4.44. The number of nitrogens with two attached hydrogens (primary N) is 1. The second kappa shape index (κ2) is 7.52. The molecule has 18 heteroatoms. The maximum atomic E-state index is 12.1. The highest BCUT2D eigenvalue weighted by Crippen LogP contribution is 2.55. The number of aromatic nitrogens is 4. The predicted molar refractivity (Wildman–Crippen MR) is 88.6 cm³/mol. The molecule has 16 nitrogen and oxygen atoms in total. The molecule has 3 rings (SSSR count). The maximum Gasteiger partial charge on any atom is 0.478 e. The number of hydrogen-bond acceptors (Lipinski definition) is 11. The Balaban J connectivity index is 1.84. The van der Waals surface area contributed by atoms with E-state index in [-0.39, 0.29) is 17.1 Å². The number of aliphatic hydroxyl groups excluding tert-OH is 2. The number of ether oxygens (including phenoxy) is 1. The van der Waals surface area contributed by atoms with Crippen LogP contribution in [0, 0.1) is 0 Å². The summed E-state index contributed by atoms with van der Waals surface area (Å²) in [5.74, 6) is -0.209. The van der Waals surface area contributed by atoms with Crippen molar-refractivity contribution >= 4 is 32.8 Å². The van der Waals surface area contributed by atoms with E-state index in [1.165, 1.54) is 22.5 Å². The molecule has 3 unspecified atom stereocenters. The molecule has 2 aromatic rings. The maximum absolute atomic E-state index is 12.1. The Morgan fingerprint density at radius 1 is 1.41 bits per heavy atom. The number of aliphatic hydroxyl groups is 2. The number of nitrogens with zero attached hydrogens (tertiary/aromatic N) is 3. The second-order valence-corrected chi connectivity index (χ2v) is 8.90. The summed E-state index contributed by atoms with van der Waals surface area (Å²) < 4.78 is 38.0. The number of nitrogen functional groups attached to an aromatic ring is 1. The van der Waals surface area contributed by atoms with E-state index in [2.05, 4.69) is 18.8 Å². The van der Waals surface area contributed by atoms with Crippen molar-refractivity contribution in [3.8, 4) is 0 Å². The van der Waals surface area contributed by atoms with Gasteiger partial charge in [0.05, 0.1) is 13.7 Å². The molecule has 1 aliphatic heterocycles. The van der Waals surface area contributed by atoms with Crippen molar-refractivity contribution in [1.29, 1.82) is 0 Å². The Labute approximate surface area is 160 Å². The lowest BCUT2D eigenvalue weighted by Crippen LogP contribution is -2.46. The number of phosphoric acid groups is 2. The minimum absolute atomic E-state index is 0.0234. The minimum Gasteiger partial charge on any atom is -0.756 e. The summed E-state index contributed by atoms with van der Waals surface area (Å²) in [6.07, 6.45) is -4.61. The number of H-pyrrole nitrogens is 1. The van der Waals surface area contributed by atoms with Gasteiger partial charge in [0.2, 0.25) is 11.7 Å². The van der Waals surface area contributed by atoms with Gasteiger partial charge in [0.25, 0.3) is 19.3 Å². The number of rotatable bonds is 6. The number of anilines is 1. The van der Waals surface area contributed by atoms with E-state index in [9.17, 15) is 33.9 Å². The molecule has 0 radical (unpaired) electrons. The number of imidazole rings is 1. The molecule has 1 saturated heterocycles. The first-order valence-corrected chi connectivity index (χ1v) is 10.8. The van der Waals surface area contributed by atoms with E-state index in [4.69, 9.17) is 15.4 Å². The van der Waals surface area contributed by atoms with Crippen molar-refractivity contribution in [1.82, 2.24) is 14.5 Å². The largest absolute Gasteiger partial charge is 0.756 e. The van der Waals surface area contributed by atoms with Gasteiger partial charge in [-0.15, -0.1) is 0 Å². The third-order valence-electron chi connectivity index (χ3n) is 4.01. The van der Waals surface area contributed by atoms with Crippen LogP contribution in [0.15, 0.2) is 11.1 Å². The average Bonchev–Trinajstić information content (AvgIpc) is 3.01. The van der Waals surface area contributed by atoms with Gasteiger partial charge in [-0.1, -0.05) is 4.98 Å². The van der Waals surface area contributed by atoms with Gasteiger partial charge in [-0.25, -0.2) is 13.4 Å². The third kappa shape index (κ3) is 4.57. The van der Waals surface area contributed by atoms with Crippen LogP contribution in [0.3, 0.4) is 0 Å². The van der Waals surface area contributed by atoms with Gasteiger partial charge in [0.15, 0.2) is 6.33 Å². The van der Waals surface area contributed by atoms with Gasteiger partial charge in [-0.05, 0) is 0 Å². The number of aromatic amines is 1. The monoisotopic (exact) mass is 457 g/mol. The smallest absolute Gasteiger partial charge is 0.478 e. The van der Waals surface area contributed by atoms with Gasteiger partial charge < -0.3 is 35.4 Å². The molecular formula is C11H17N5O11P2. The molecule has 0 saturated carbocycles. The van der Waals surface area contributed by atoms with E-state index in [0.717, 1.165) is 0 Å². The van der Waals surface area contributed by atoms with Crippen molar-refractivity contribution in [2.45, 2.75) is 24.5 Å². The first kappa shape index (κ1) is 22.0. The fraction of sp³-hybridized carbons (Fsp3) is 0.545. The molecule has 1 aliphatic rings. The number of nitrogens with one attached hydrogen (secondary N) is 1. The first-order chi connectivity index (χ1) is 13.3. The lowest BCUT2D eigenvalue weighted by molar-refractivity contribution is -0.745. The van der Waals surface area contributed by atoms with Gasteiger partial charge in [-0.3, -0.25) is 23.4 Å². The Hall–Kier alpha value is -1.71. The Kier molecular flexibility index (Phi) is 5.70. The molecule has 29 heavy (non-hydrogen) atoms. The molecule has 1 fully saturated rings. The normalized spacial score (nSPS) is 29.0. The minimum atomic E-state index is -5.57. The van der Waals surface area contributed by atoms with Crippen molar-refractivity contribution in [2.24, 2.45) is 7.05 Å². The average molecular weight is 457 g/mol. The van der Waals surface area contributed by atoms with Crippen LogP contribution in [0.2, 0.25) is 0 Å². The molecule has 7 N–H and O–H groups in total. The van der Waals surface area contributed by atoms with Crippen LogP contribution >= 0.6 is 15.6 Å². The standard InChI is InChI=1S/C11H17N5O11P2/c1-15-3-16(8-5(15)9(19)14-11(12)13-8)10-7(18)6(17)4(26-10)2-25-29(23,24)27-28(20,21)22/h3-4,6-7,10,17-18H,2H2,1H3,(H5-,12,13,14,19,20,21,22,23,24)/t4-,6+,7?,10-/m1/s1. The lowest BCUT2D eigenvalue weighted by atomic mass is 10.1. The molecule has 6 atom stereocenters. The van der Waals surface area contributed by atoms with E-state index in [1.54, 1.807) is 0 Å². The van der Waals surface area contributed by atoms with E-state index >= 15 is 0 Å². The van der Waals surface area contributed by atoms with Crippen LogP contribution < -0.4 is 20.8 Å². The third-order valence-corrected chi connectivity index (χ3v) is 6.14. The van der Waals surface area contributed by atoms with Crippen LogP contribution in [-0.2, 0) is 29.7 Å². The van der Waals surface area contributed by atoms with Crippen LogP contribution in [0.25, 0.3) is 11.2 Å². The van der Waals surface area contributed by atoms with Gasteiger partial charge >= 0.3 is 13.5 Å². The number of phosphoric ester groups is 1. The molecule has 0 amide bonds. The van der Waals surface area contributed by atoms with Crippen LogP contribution in [0.1, 0.15) is 6.23 Å². The topological polar surface area (TPSA) is 246 Å². The van der Waals surface area contributed by atoms with E-state index in [0.29, 0.717) is 0 Å². The first-order valence-electron chi connectivity index (χ1n) is 7.79. The predicted octanol–water partition coefficient (Wildman–Crippen LogP) is -3.66. The zero-order valence-corrected chi connectivity index (χ0v) is 16.3. The van der Waals surface area contributed by atoms with Crippen molar-refractivity contribution in [3.63, 3.8) is 0 Å². The van der Waals surface area contributed by atoms with Crippen LogP contribution in [0.5, 0.6) is 0 Å². The second-order valence-electron chi connectivity index (χ2n) is 6.12. The Bertz CT molecular complexity index is 1080. The quantitative estimate of drug-likeness (QED) is 0.181. The van der Waals surface area contributed by atoms with Crippen molar-refractivity contribution < 1.29 is 52.2 Å². The van der Waals surface area contributed by atoms with Crippen LogP contribution in [-0.4, -0.2) is 59.5 Å². The lowest BCUT2D eigenvalue weighted by Gasteiger charge is -2.21. The zero-order chi connectivity index (χ0) is 21.7. The Morgan fingerprint density at radius 3 is 2.69 bits per heavy atom.